The van der Waals surface area contributed by atoms with Gasteiger partial charge in [-0.3, -0.25) is 4.79 Å². The zero-order valence-electron chi connectivity index (χ0n) is 11.8. The van der Waals surface area contributed by atoms with E-state index in [0.717, 1.165) is 44.4 Å². The molecule has 1 fully saturated rings. The van der Waals surface area contributed by atoms with Crippen LogP contribution in [0.2, 0.25) is 0 Å². The number of amides is 1. The second-order valence-corrected chi connectivity index (χ2v) is 5.60. The fraction of sp³-hybridized carbons (Fsp3) is 0.562. The van der Waals surface area contributed by atoms with Crippen LogP contribution < -0.4 is 10.6 Å². The van der Waals surface area contributed by atoms with Crippen molar-refractivity contribution in [3.63, 3.8) is 0 Å². The van der Waals surface area contributed by atoms with Crippen molar-refractivity contribution in [2.75, 3.05) is 25.0 Å². The number of benzene rings is 1. The monoisotopic (exact) mass is 274 g/mol. The van der Waals surface area contributed by atoms with E-state index in [0.29, 0.717) is 6.54 Å². The number of aryl methyl sites for hydroxylation is 1. The van der Waals surface area contributed by atoms with E-state index >= 15 is 0 Å². The number of ether oxygens (including phenoxy) is 1. The van der Waals surface area contributed by atoms with Crippen LogP contribution in [-0.4, -0.2) is 31.7 Å². The predicted molar refractivity (Wildman–Crippen MR) is 79.2 cm³/mol. The first kappa shape index (κ1) is 13.4. The molecule has 0 radical (unpaired) electrons. The third-order valence-electron chi connectivity index (χ3n) is 4.07. The fourth-order valence-corrected chi connectivity index (χ4v) is 2.89. The molecule has 1 unspecified atom stereocenters. The first-order valence-electron chi connectivity index (χ1n) is 7.59. The van der Waals surface area contributed by atoms with E-state index in [-0.39, 0.29) is 12.0 Å². The maximum atomic E-state index is 12.2. The molecule has 4 nitrogen and oxygen atoms in total. The molecule has 0 saturated carbocycles. The van der Waals surface area contributed by atoms with Crippen LogP contribution in [0.3, 0.4) is 0 Å². The van der Waals surface area contributed by atoms with Crippen molar-refractivity contribution in [1.29, 1.82) is 0 Å². The molecule has 2 heterocycles. The van der Waals surface area contributed by atoms with Gasteiger partial charge in [-0.05, 0) is 55.9 Å². The quantitative estimate of drug-likeness (QED) is 0.889. The standard InChI is InChI=1S/C16H22N2O2/c19-16(18-11-14-5-1-2-9-20-14)13-6-7-15-12(10-13)4-3-8-17-15/h6-7,10,14,17H,1-5,8-9,11H2,(H,18,19). The lowest BCUT2D eigenvalue weighted by Crippen LogP contribution is -2.35. The molecule has 0 aliphatic carbocycles. The minimum atomic E-state index is 0.00699. The minimum absolute atomic E-state index is 0.00699. The first-order chi connectivity index (χ1) is 9.83. The highest BCUT2D eigenvalue weighted by molar-refractivity contribution is 5.95. The number of rotatable bonds is 3. The van der Waals surface area contributed by atoms with Gasteiger partial charge in [-0.1, -0.05) is 0 Å². The Labute approximate surface area is 119 Å². The first-order valence-corrected chi connectivity index (χ1v) is 7.59. The SMILES string of the molecule is O=C(NCC1CCCCO1)c1ccc2c(c1)CCCN2. The van der Waals surface area contributed by atoms with Gasteiger partial charge in [0.15, 0.2) is 0 Å². The molecule has 1 aromatic rings. The molecule has 108 valence electrons. The number of fused-ring (bicyclic) bond motifs is 1. The molecule has 0 spiro atoms. The maximum absolute atomic E-state index is 12.2. The van der Waals surface area contributed by atoms with E-state index in [1.54, 1.807) is 0 Å². The Morgan fingerprint density at radius 2 is 2.30 bits per heavy atom. The second kappa shape index (κ2) is 6.27. The van der Waals surface area contributed by atoms with Crippen LogP contribution >= 0.6 is 0 Å². The number of anilines is 1. The Balaban J connectivity index is 1.59. The van der Waals surface area contributed by atoms with Crippen LogP contribution in [0.1, 0.15) is 41.6 Å². The summed E-state index contributed by atoms with van der Waals surface area (Å²) in [4.78, 5) is 12.2. The molecular weight excluding hydrogens is 252 g/mol. The van der Waals surface area contributed by atoms with Gasteiger partial charge in [-0.2, -0.15) is 0 Å². The summed E-state index contributed by atoms with van der Waals surface area (Å²) in [6.07, 6.45) is 5.76. The van der Waals surface area contributed by atoms with Crippen LogP contribution in [0.4, 0.5) is 5.69 Å². The third-order valence-corrected chi connectivity index (χ3v) is 4.07. The Bertz CT molecular complexity index is 481. The summed E-state index contributed by atoms with van der Waals surface area (Å²) in [6.45, 7) is 2.47. The van der Waals surface area contributed by atoms with Crippen LogP contribution in [0.15, 0.2) is 18.2 Å². The predicted octanol–water partition coefficient (Wildman–Crippen LogP) is 2.34. The molecule has 2 aliphatic rings. The largest absolute Gasteiger partial charge is 0.385 e. The van der Waals surface area contributed by atoms with E-state index in [1.165, 1.54) is 17.7 Å². The lowest BCUT2D eigenvalue weighted by molar-refractivity contribution is 0.0169. The van der Waals surface area contributed by atoms with Gasteiger partial charge in [-0.15, -0.1) is 0 Å². The molecule has 0 bridgehead atoms. The van der Waals surface area contributed by atoms with Crippen molar-refractivity contribution >= 4 is 11.6 Å². The summed E-state index contributed by atoms with van der Waals surface area (Å²) in [7, 11) is 0. The van der Waals surface area contributed by atoms with Crippen LogP contribution in [0, 0.1) is 0 Å². The number of hydrogen-bond acceptors (Lipinski definition) is 3. The molecular formula is C16H22N2O2. The summed E-state index contributed by atoms with van der Waals surface area (Å²) in [5, 5.41) is 6.35. The Kier molecular flexibility index (Phi) is 4.21. The molecule has 1 amide bonds. The van der Waals surface area contributed by atoms with Gasteiger partial charge in [0.1, 0.15) is 0 Å². The van der Waals surface area contributed by atoms with E-state index in [9.17, 15) is 4.79 Å². The van der Waals surface area contributed by atoms with E-state index < -0.39 is 0 Å². The number of nitrogens with one attached hydrogen (secondary N) is 2. The molecule has 20 heavy (non-hydrogen) atoms. The minimum Gasteiger partial charge on any atom is -0.385 e. The molecule has 1 aromatic carbocycles. The molecule has 2 aliphatic heterocycles. The lowest BCUT2D eigenvalue weighted by Gasteiger charge is -2.23. The summed E-state index contributed by atoms with van der Waals surface area (Å²) in [5.74, 6) is 0.00699. The molecule has 1 saturated heterocycles. The highest BCUT2D eigenvalue weighted by Crippen LogP contribution is 2.22. The van der Waals surface area contributed by atoms with Gasteiger partial charge >= 0.3 is 0 Å². The number of hydrogen-bond donors (Lipinski definition) is 2. The smallest absolute Gasteiger partial charge is 0.251 e. The van der Waals surface area contributed by atoms with Crippen molar-refractivity contribution in [3.8, 4) is 0 Å². The van der Waals surface area contributed by atoms with Gasteiger partial charge < -0.3 is 15.4 Å². The highest BCUT2D eigenvalue weighted by atomic mass is 16.5. The van der Waals surface area contributed by atoms with Gasteiger partial charge in [0.25, 0.3) is 5.91 Å². The van der Waals surface area contributed by atoms with Gasteiger partial charge in [0.05, 0.1) is 6.10 Å². The lowest BCUT2D eigenvalue weighted by atomic mass is 10.0. The average Bonchev–Trinajstić information content (AvgIpc) is 2.53. The Morgan fingerprint density at radius 1 is 1.35 bits per heavy atom. The van der Waals surface area contributed by atoms with Crippen molar-refractivity contribution in [1.82, 2.24) is 5.32 Å². The normalized spacial score (nSPS) is 21.7. The summed E-state index contributed by atoms with van der Waals surface area (Å²) >= 11 is 0. The maximum Gasteiger partial charge on any atom is 0.251 e. The summed E-state index contributed by atoms with van der Waals surface area (Å²) in [6, 6.07) is 5.92. The van der Waals surface area contributed by atoms with E-state index in [1.807, 2.05) is 18.2 Å². The molecule has 3 rings (SSSR count). The van der Waals surface area contributed by atoms with Crippen LogP contribution in [0.25, 0.3) is 0 Å². The summed E-state index contributed by atoms with van der Waals surface area (Å²) in [5.41, 5.74) is 3.17. The van der Waals surface area contributed by atoms with Crippen molar-refractivity contribution in [2.24, 2.45) is 0 Å². The van der Waals surface area contributed by atoms with Gasteiger partial charge in [0, 0.05) is 30.9 Å². The van der Waals surface area contributed by atoms with Crippen LogP contribution in [0.5, 0.6) is 0 Å². The summed E-state index contributed by atoms with van der Waals surface area (Å²) < 4.78 is 5.63. The molecule has 1 atom stereocenters. The van der Waals surface area contributed by atoms with Gasteiger partial charge in [0.2, 0.25) is 0 Å². The van der Waals surface area contributed by atoms with E-state index in [4.69, 9.17) is 4.74 Å². The van der Waals surface area contributed by atoms with Crippen molar-refractivity contribution in [3.05, 3.63) is 29.3 Å². The van der Waals surface area contributed by atoms with Crippen molar-refractivity contribution in [2.45, 2.75) is 38.2 Å². The second-order valence-electron chi connectivity index (χ2n) is 5.60. The van der Waals surface area contributed by atoms with Crippen molar-refractivity contribution < 1.29 is 9.53 Å². The molecule has 2 N–H and O–H groups in total. The Morgan fingerprint density at radius 3 is 3.15 bits per heavy atom. The molecule has 0 aromatic heterocycles. The van der Waals surface area contributed by atoms with Gasteiger partial charge in [-0.25, -0.2) is 0 Å². The zero-order chi connectivity index (χ0) is 13.8. The Hall–Kier alpha value is -1.55. The topological polar surface area (TPSA) is 50.4 Å². The fourth-order valence-electron chi connectivity index (χ4n) is 2.89. The highest BCUT2D eigenvalue weighted by Gasteiger charge is 2.16. The molecule has 4 heteroatoms. The number of carbonyl (C=O) groups excluding carboxylic acids is 1. The average molecular weight is 274 g/mol. The van der Waals surface area contributed by atoms with E-state index in [2.05, 4.69) is 10.6 Å². The number of carbonyl (C=O) groups is 1. The third kappa shape index (κ3) is 3.12. The van der Waals surface area contributed by atoms with Crippen LogP contribution in [-0.2, 0) is 11.2 Å². The zero-order valence-corrected chi connectivity index (χ0v) is 11.8.